The zero-order valence-corrected chi connectivity index (χ0v) is 16.4. The van der Waals surface area contributed by atoms with E-state index >= 15 is 0 Å². The van der Waals surface area contributed by atoms with Crippen LogP contribution >= 0.6 is 0 Å². The smallest absolute Gasteiger partial charge is 0.0668 e. The van der Waals surface area contributed by atoms with Gasteiger partial charge < -0.3 is 4.90 Å². The molecule has 4 rings (SSSR count). The van der Waals surface area contributed by atoms with Gasteiger partial charge in [-0.2, -0.15) is 0 Å². The van der Waals surface area contributed by atoms with E-state index in [1.54, 1.807) is 0 Å². The SMILES string of the molecule is CN1CCN=C(C=Cc2ccccc2CCc2ccccc2)c2ccccc21. The Labute approximate surface area is 167 Å². The molecule has 0 atom stereocenters. The number of benzene rings is 3. The van der Waals surface area contributed by atoms with E-state index in [4.69, 9.17) is 4.99 Å². The number of hydrogen-bond donors (Lipinski definition) is 0. The maximum atomic E-state index is 4.84. The van der Waals surface area contributed by atoms with Crippen molar-refractivity contribution in [3.05, 3.63) is 107 Å². The van der Waals surface area contributed by atoms with Gasteiger partial charge in [0.15, 0.2) is 0 Å². The zero-order valence-electron chi connectivity index (χ0n) is 16.4. The minimum Gasteiger partial charge on any atom is -0.372 e. The summed E-state index contributed by atoms with van der Waals surface area (Å²) in [4.78, 5) is 7.13. The molecule has 2 nitrogen and oxygen atoms in total. The Morgan fingerprint density at radius 3 is 2.46 bits per heavy atom. The molecular weight excluding hydrogens is 340 g/mol. The molecule has 1 aliphatic heterocycles. The standard InChI is InChI=1S/C26H26N2/c1-28-20-19-27-25(24-13-7-8-14-26(24)28)18-17-23-12-6-5-11-22(23)16-15-21-9-3-2-4-10-21/h2-14,17-18H,15-16,19-20H2,1H3. The second kappa shape index (κ2) is 8.71. The first-order valence-corrected chi connectivity index (χ1v) is 9.96. The van der Waals surface area contributed by atoms with Crippen LogP contribution in [-0.4, -0.2) is 25.8 Å². The molecule has 0 N–H and O–H groups in total. The molecule has 3 aromatic carbocycles. The molecule has 1 heterocycles. The van der Waals surface area contributed by atoms with E-state index in [9.17, 15) is 0 Å². The van der Waals surface area contributed by atoms with Crippen molar-refractivity contribution in [3.63, 3.8) is 0 Å². The van der Waals surface area contributed by atoms with Crippen molar-refractivity contribution >= 4 is 17.5 Å². The topological polar surface area (TPSA) is 15.6 Å². The van der Waals surface area contributed by atoms with Gasteiger partial charge in [0.05, 0.1) is 12.3 Å². The number of rotatable bonds is 5. The molecule has 0 fully saturated rings. The maximum absolute atomic E-state index is 4.84. The highest BCUT2D eigenvalue weighted by Crippen LogP contribution is 2.23. The van der Waals surface area contributed by atoms with Crippen molar-refractivity contribution in [1.82, 2.24) is 0 Å². The van der Waals surface area contributed by atoms with Crippen LogP contribution in [0.25, 0.3) is 6.08 Å². The Hall–Kier alpha value is -3.13. The molecule has 0 unspecified atom stereocenters. The van der Waals surface area contributed by atoms with E-state index in [-0.39, 0.29) is 0 Å². The lowest BCUT2D eigenvalue weighted by Gasteiger charge is -2.18. The number of anilines is 1. The predicted octanol–water partition coefficient (Wildman–Crippen LogP) is 5.42. The molecule has 0 amide bonds. The first kappa shape index (κ1) is 18.2. The van der Waals surface area contributed by atoms with Crippen LogP contribution in [0.4, 0.5) is 5.69 Å². The van der Waals surface area contributed by atoms with E-state index in [0.29, 0.717) is 0 Å². The fourth-order valence-corrected chi connectivity index (χ4v) is 3.71. The quantitative estimate of drug-likeness (QED) is 0.588. The summed E-state index contributed by atoms with van der Waals surface area (Å²) in [6.45, 7) is 1.77. The minimum absolute atomic E-state index is 0.820. The van der Waals surface area contributed by atoms with Crippen LogP contribution in [0.15, 0.2) is 89.9 Å². The van der Waals surface area contributed by atoms with Crippen molar-refractivity contribution in [3.8, 4) is 0 Å². The number of hydrogen-bond acceptors (Lipinski definition) is 2. The summed E-state index contributed by atoms with van der Waals surface area (Å²) in [5, 5.41) is 0. The van der Waals surface area contributed by atoms with Crippen LogP contribution in [0, 0.1) is 0 Å². The Kier molecular flexibility index (Phi) is 5.67. The summed E-state index contributed by atoms with van der Waals surface area (Å²) >= 11 is 0. The van der Waals surface area contributed by atoms with Crippen molar-refractivity contribution < 1.29 is 0 Å². The average molecular weight is 367 g/mol. The minimum atomic E-state index is 0.820. The third kappa shape index (κ3) is 4.23. The summed E-state index contributed by atoms with van der Waals surface area (Å²) in [7, 11) is 2.14. The summed E-state index contributed by atoms with van der Waals surface area (Å²) in [5.74, 6) is 0. The number of benzodiazepines with no additional fused rings is 1. The van der Waals surface area contributed by atoms with Crippen molar-refractivity contribution in [2.75, 3.05) is 25.0 Å². The number of fused-ring (bicyclic) bond motifs is 1. The van der Waals surface area contributed by atoms with E-state index in [1.165, 1.54) is 27.9 Å². The molecule has 3 aromatic rings. The lowest BCUT2D eigenvalue weighted by atomic mass is 9.98. The zero-order chi connectivity index (χ0) is 19.2. The van der Waals surface area contributed by atoms with Crippen molar-refractivity contribution in [1.29, 1.82) is 0 Å². The second-order valence-corrected chi connectivity index (χ2v) is 7.22. The lowest BCUT2D eigenvalue weighted by molar-refractivity contribution is 0.897. The number of likely N-dealkylation sites (N-methyl/N-ethyl adjacent to an activating group) is 1. The lowest BCUT2D eigenvalue weighted by Crippen LogP contribution is -2.20. The summed E-state index contributed by atoms with van der Waals surface area (Å²) in [5.41, 5.74) is 7.56. The van der Waals surface area contributed by atoms with Crippen molar-refractivity contribution in [2.24, 2.45) is 4.99 Å². The molecule has 140 valence electrons. The van der Waals surface area contributed by atoms with Gasteiger partial charge in [-0.15, -0.1) is 0 Å². The molecule has 0 saturated carbocycles. The molecule has 2 heteroatoms. The normalized spacial score (nSPS) is 13.9. The Morgan fingerprint density at radius 1 is 0.821 bits per heavy atom. The van der Waals surface area contributed by atoms with Gasteiger partial charge in [0.1, 0.15) is 0 Å². The van der Waals surface area contributed by atoms with Crippen LogP contribution < -0.4 is 4.90 Å². The first-order chi connectivity index (χ1) is 13.8. The number of aryl methyl sites for hydroxylation is 2. The summed E-state index contributed by atoms with van der Waals surface area (Å²) < 4.78 is 0. The van der Waals surface area contributed by atoms with E-state index in [2.05, 4.69) is 103 Å². The average Bonchev–Trinajstić information content (AvgIpc) is 2.91. The molecular formula is C26H26N2. The van der Waals surface area contributed by atoms with Crippen LogP contribution in [0.1, 0.15) is 22.3 Å². The number of para-hydroxylation sites is 1. The third-order valence-corrected chi connectivity index (χ3v) is 5.31. The Bertz CT molecular complexity index is 986. The second-order valence-electron chi connectivity index (χ2n) is 7.22. The van der Waals surface area contributed by atoms with Gasteiger partial charge >= 0.3 is 0 Å². The van der Waals surface area contributed by atoms with Gasteiger partial charge in [-0.05, 0) is 41.7 Å². The van der Waals surface area contributed by atoms with Gasteiger partial charge in [0.25, 0.3) is 0 Å². The largest absolute Gasteiger partial charge is 0.372 e. The van der Waals surface area contributed by atoms with Crippen LogP contribution in [0.5, 0.6) is 0 Å². The molecule has 0 spiro atoms. The monoisotopic (exact) mass is 366 g/mol. The highest BCUT2D eigenvalue weighted by Gasteiger charge is 2.13. The van der Waals surface area contributed by atoms with Gasteiger partial charge in [-0.3, -0.25) is 4.99 Å². The summed E-state index contributed by atoms with van der Waals surface area (Å²) in [6, 6.07) is 27.9. The van der Waals surface area contributed by atoms with Crippen LogP contribution in [0.3, 0.4) is 0 Å². The summed E-state index contributed by atoms with van der Waals surface area (Å²) in [6.07, 6.45) is 6.50. The third-order valence-electron chi connectivity index (χ3n) is 5.31. The predicted molar refractivity (Wildman–Crippen MR) is 120 cm³/mol. The maximum Gasteiger partial charge on any atom is 0.0668 e. The molecule has 1 aliphatic rings. The molecule has 28 heavy (non-hydrogen) atoms. The van der Waals surface area contributed by atoms with Crippen LogP contribution in [0.2, 0.25) is 0 Å². The van der Waals surface area contributed by atoms with Gasteiger partial charge in [0.2, 0.25) is 0 Å². The molecule has 0 saturated heterocycles. The number of allylic oxidation sites excluding steroid dienone is 1. The van der Waals surface area contributed by atoms with Gasteiger partial charge in [0, 0.05) is 24.8 Å². The molecule has 0 bridgehead atoms. The van der Waals surface area contributed by atoms with E-state index in [0.717, 1.165) is 31.6 Å². The van der Waals surface area contributed by atoms with Crippen molar-refractivity contribution in [2.45, 2.75) is 12.8 Å². The van der Waals surface area contributed by atoms with E-state index < -0.39 is 0 Å². The first-order valence-electron chi connectivity index (χ1n) is 9.96. The van der Waals surface area contributed by atoms with E-state index in [1.807, 2.05) is 0 Å². The van der Waals surface area contributed by atoms with Gasteiger partial charge in [-0.1, -0.05) is 78.9 Å². The van der Waals surface area contributed by atoms with Crippen LogP contribution in [-0.2, 0) is 12.8 Å². The highest BCUT2D eigenvalue weighted by atomic mass is 15.1. The molecule has 0 aliphatic carbocycles. The fraction of sp³-hybridized carbons (Fsp3) is 0.192. The highest BCUT2D eigenvalue weighted by molar-refractivity contribution is 6.14. The van der Waals surface area contributed by atoms with Gasteiger partial charge in [-0.25, -0.2) is 0 Å². The Balaban J connectivity index is 1.57. The molecule has 0 radical (unpaired) electrons. The fourth-order valence-electron chi connectivity index (χ4n) is 3.71. The molecule has 0 aromatic heterocycles. The Morgan fingerprint density at radius 2 is 1.57 bits per heavy atom. The number of nitrogens with zero attached hydrogens (tertiary/aromatic N) is 2. The number of aliphatic imine (C=N–C) groups is 1.